The summed E-state index contributed by atoms with van der Waals surface area (Å²) in [5.74, 6) is -0.165. The minimum atomic E-state index is -0.848. The Bertz CT molecular complexity index is 377. The number of hydrogen-bond acceptors (Lipinski definition) is 2. The molecule has 3 nitrogen and oxygen atoms in total. The Kier molecular flexibility index (Phi) is 4.33. The number of carbonyl (C=O) groups is 1. The molecule has 16 heavy (non-hydrogen) atoms. The zero-order valence-electron chi connectivity index (χ0n) is 8.93. The molecular formula is C12H16ClNO2. The summed E-state index contributed by atoms with van der Waals surface area (Å²) >= 11 is 0. The lowest BCUT2D eigenvalue weighted by Crippen LogP contribution is -2.15. The second-order valence-electron chi connectivity index (χ2n) is 4.15. The molecule has 2 rings (SSSR count). The van der Waals surface area contributed by atoms with Gasteiger partial charge in [0.2, 0.25) is 0 Å². The van der Waals surface area contributed by atoms with Gasteiger partial charge in [-0.25, -0.2) is 0 Å². The van der Waals surface area contributed by atoms with E-state index < -0.39 is 5.97 Å². The van der Waals surface area contributed by atoms with E-state index in [1.807, 2.05) is 18.2 Å². The third kappa shape index (κ3) is 3.22. The van der Waals surface area contributed by atoms with Crippen LogP contribution >= 0.6 is 12.4 Å². The zero-order chi connectivity index (χ0) is 10.8. The number of rotatable bonds is 4. The molecule has 4 heteroatoms. The fourth-order valence-corrected chi connectivity index (χ4v) is 1.77. The SMILES string of the molecule is Cl.N[C@@H](CC(=O)O)c1cccc(C2CC2)c1. The summed E-state index contributed by atoms with van der Waals surface area (Å²) in [6.45, 7) is 0. The fraction of sp³-hybridized carbons (Fsp3) is 0.417. The predicted molar refractivity (Wildman–Crippen MR) is 64.8 cm³/mol. The molecule has 0 amide bonds. The van der Waals surface area contributed by atoms with E-state index in [9.17, 15) is 4.79 Å². The second-order valence-corrected chi connectivity index (χ2v) is 4.15. The van der Waals surface area contributed by atoms with Crippen LogP contribution in [0.3, 0.4) is 0 Å². The molecule has 1 saturated carbocycles. The molecular weight excluding hydrogens is 226 g/mol. The van der Waals surface area contributed by atoms with E-state index in [-0.39, 0.29) is 24.9 Å². The summed E-state index contributed by atoms with van der Waals surface area (Å²) in [6, 6.07) is 7.62. The highest BCUT2D eigenvalue weighted by Crippen LogP contribution is 2.40. The molecule has 88 valence electrons. The molecule has 0 radical (unpaired) electrons. The Labute approximate surface area is 101 Å². The van der Waals surface area contributed by atoms with Crippen LogP contribution in [-0.2, 0) is 4.79 Å². The van der Waals surface area contributed by atoms with Crippen LogP contribution in [0.2, 0.25) is 0 Å². The van der Waals surface area contributed by atoms with Crippen molar-refractivity contribution in [3.63, 3.8) is 0 Å². The van der Waals surface area contributed by atoms with E-state index in [1.165, 1.54) is 18.4 Å². The number of carboxylic acid groups (broad SMARTS) is 1. The monoisotopic (exact) mass is 241 g/mol. The quantitative estimate of drug-likeness (QED) is 0.851. The third-order valence-corrected chi connectivity index (χ3v) is 2.78. The standard InChI is InChI=1S/C12H15NO2.ClH/c13-11(7-12(14)15)10-3-1-2-9(6-10)8-4-5-8;/h1-3,6,8,11H,4-5,7,13H2,(H,14,15);1H/t11-;/m0./s1. The third-order valence-electron chi connectivity index (χ3n) is 2.78. The predicted octanol–water partition coefficient (Wildman–Crippen LogP) is 2.46. The number of benzene rings is 1. The summed E-state index contributed by atoms with van der Waals surface area (Å²) in [4.78, 5) is 10.5. The average molecular weight is 242 g/mol. The fourth-order valence-electron chi connectivity index (χ4n) is 1.77. The van der Waals surface area contributed by atoms with Crippen LogP contribution in [0.15, 0.2) is 24.3 Å². The first-order chi connectivity index (χ1) is 7.16. The maximum Gasteiger partial charge on any atom is 0.305 e. The van der Waals surface area contributed by atoms with Crippen LogP contribution < -0.4 is 5.73 Å². The number of hydrogen-bond donors (Lipinski definition) is 2. The smallest absolute Gasteiger partial charge is 0.305 e. The molecule has 1 atom stereocenters. The maximum absolute atomic E-state index is 10.5. The molecule has 1 aliphatic carbocycles. The molecule has 1 aromatic rings. The highest BCUT2D eigenvalue weighted by atomic mass is 35.5. The molecule has 1 aromatic carbocycles. The molecule has 0 aliphatic heterocycles. The van der Waals surface area contributed by atoms with Gasteiger partial charge in [-0.05, 0) is 29.9 Å². The van der Waals surface area contributed by atoms with Gasteiger partial charge in [0.05, 0.1) is 6.42 Å². The van der Waals surface area contributed by atoms with E-state index in [2.05, 4.69) is 6.07 Å². The van der Waals surface area contributed by atoms with Gasteiger partial charge in [-0.1, -0.05) is 24.3 Å². The molecule has 3 N–H and O–H groups in total. The van der Waals surface area contributed by atoms with Crippen molar-refractivity contribution in [1.82, 2.24) is 0 Å². The summed E-state index contributed by atoms with van der Waals surface area (Å²) in [7, 11) is 0. The van der Waals surface area contributed by atoms with Gasteiger partial charge in [0, 0.05) is 6.04 Å². The minimum Gasteiger partial charge on any atom is -0.481 e. The van der Waals surface area contributed by atoms with E-state index in [0.29, 0.717) is 5.92 Å². The van der Waals surface area contributed by atoms with Crippen molar-refractivity contribution in [3.05, 3.63) is 35.4 Å². The maximum atomic E-state index is 10.5. The molecule has 1 aliphatic rings. The Hall–Kier alpha value is -1.06. The number of halogens is 1. The summed E-state index contributed by atoms with van der Waals surface area (Å²) in [6.07, 6.45) is 2.49. The largest absolute Gasteiger partial charge is 0.481 e. The first-order valence-electron chi connectivity index (χ1n) is 5.24. The van der Waals surface area contributed by atoms with Gasteiger partial charge >= 0.3 is 5.97 Å². The summed E-state index contributed by atoms with van der Waals surface area (Å²) in [5.41, 5.74) is 8.04. The van der Waals surface area contributed by atoms with Gasteiger partial charge in [0.1, 0.15) is 0 Å². The topological polar surface area (TPSA) is 63.3 Å². The molecule has 0 bridgehead atoms. The van der Waals surface area contributed by atoms with E-state index in [1.54, 1.807) is 0 Å². The van der Waals surface area contributed by atoms with E-state index in [4.69, 9.17) is 10.8 Å². The van der Waals surface area contributed by atoms with Crippen molar-refractivity contribution in [2.24, 2.45) is 5.73 Å². The molecule has 0 aromatic heterocycles. The Morgan fingerprint density at radius 1 is 1.50 bits per heavy atom. The van der Waals surface area contributed by atoms with Gasteiger partial charge in [-0.2, -0.15) is 0 Å². The number of nitrogens with two attached hydrogens (primary N) is 1. The number of aliphatic carboxylic acids is 1. The van der Waals surface area contributed by atoms with Crippen LogP contribution in [0.4, 0.5) is 0 Å². The minimum absolute atomic E-state index is 0. The normalized spacial score (nSPS) is 16.3. The van der Waals surface area contributed by atoms with Gasteiger partial charge in [0.25, 0.3) is 0 Å². The zero-order valence-corrected chi connectivity index (χ0v) is 9.74. The first kappa shape index (κ1) is 13.0. The van der Waals surface area contributed by atoms with Crippen molar-refractivity contribution >= 4 is 18.4 Å². The van der Waals surface area contributed by atoms with Crippen molar-refractivity contribution in [2.75, 3.05) is 0 Å². The summed E-state index contributed by atoms with van der Waals surface area (Å²) < 4.78 is 0. The lowest BCUT2D eigenvalue weighted by molar-refractivity contribution is -0.137. The van der Waals surface area contributed by atoms with Crippen LogP contribution in [-0.4, -0.2) is 11.1 Å². The van der Waals surface area contributed by atoms with E-state index >= 15 is 0 Å². The molecule has 1 fully saturated rings. The van der Waals surface area contributed by atoms with Crippen LogP contribution in [0.25, 0.3) is 0 Å². The van der Waals surface area contributed by atoms with Crippen molar-refractivity contribution in [1.29, 1.82) is 0 Å². The van der Waals surface area contributed by atoms with Crippen LogP contribution in [0.1, 0.15) is 42.3 Å². The highest BCUT2D eigenvalue weighted by molar-refractivity contribution is 5.85. The Balaban J connectivity index is 0.00000128. The first-order valence-corrected chi connectivity index (χ1v) is 5.24. The Morgan fingerprint density at radius 2 is 2.19 bits per heavy atom. The van der Waals surface area contributed by atoms with Crippen LogP contribution in [0.5, 0.6) is 0 Å². The van der Waals surface area contributed by atoms with Gasteiger partial charge < -0.3 is 10.8 Å². The van der Waals surface area contributed by atoms with Gasteiger partial charge in [0.15, 0.2) is 0 Å². The lowest BCUT2D eigenvalue weighted by Gasteiger charge is -2.10. The molecule has 0 saturated heterocycles. The highest BCUT2D eigenvalue weighted by Gasteiger charge is 2.24. The average Bonchev–Trinajstić information content (AvgIpc) is 3.00. The van der Waals surface area contributed by atoms with Gasteiger partial charge in [-0.3, -0.25) is 4.79 Å². The van der Waals surface area contributed by atoms with Crippen molar-refractivity contribution in [2.45, 2.75) is 31.2 Å². The lowest BCUT2D eigenvalue weighted by atomic mass is 10.0. The second kappa shape index (κ2) is 5.32. The number of carboxylic acids is 1. The van der Waals surface area contributed by atoms with Crippen molar-refractivity contribution < 1.29 is 9.90 Å². The molecule has 0 spiro atoms. The van der Waals surface area contributed by atoms with Crippen molar-refractivity contribution in [3.8, 4) is 0 Å². The van der Waals surface area contributed by atoms with Gasteiger partial charge in [-0.15, -0.1) is 12.4 Å². The Morgan fingerprint density at radius 3 is 2.75 bits per heavy atom. The summed E-state index contributed by atoms with van der Waals surface area (Å²) in [5, 5.41) is 8.66. The van der Waals surface area contributed by atoms with E-state index in [0.717, 1.165) is 5.56 Å². The van der Waals surface area contributed by atoms with Crippen LogP contribution in [0, 0.1) is 0 Å². The molecule has 0 unspecified atom stereocenters. The molecule has 0 heterocycles.